The summed E-state index contributed by atoms with van der Waals surface area (Å²) in [7, 11) is 0. The van der Waals surface area contributed by atoms with Gasteiger partial charge in [-0.15, -0.1) is 0 Å². The zero-order valence-corrected chi connectivity index (χ0v) is 10.1. The second-order valence-corrected chi connectivity index (χ2v) is 3.93. The average Bonchev–Trinajstić information content (AvgIpc) is 2.81. The van der Waals surface area contributed by atoms with Crippen LogP contribution in [-0.2, 0) is 6.54 Å². The second-order valence-electron chi connectivity index (χ2n) is 3.52. The summed E-state index contributed by atoms with van der Waals surface area (Å²) < 4.78 is 7.31. The highest BCUT2D eigenvalue weighted by Gasteiger charge is 2.12. The van der Waals surface area contributed by atoms with E-state index in [0.29, 0.717) is 18.9 Å². The number of hydrogen-bond donors (Lipinski definition) is 0. The summed E-state index contributed by atoms with van der Waals surface area (Å²) in [6, 6.07) is 4.29. The van der Waals surface area contributed by atoms with Crippen molar-refractivity contribution >= 4 is 17.3 Å². The van der Waals surface area contributed by atoms with E-state index in [4.69, 9.17) is 16.3 Å². The average molecular weight is 268 g/mol. The van der Waals surface area contributed by atoms with Crippen molar-refractivity contribution in [1.82, 2.24) is 9.55 Å². The first-order valence-corrected chi connectivity index (χ1v) is 5.57. The highest BCUT2D eigenvalue weighted by molar-refractivity contribution is 6.32. The molecule has 7 heteroatoms. The zero-order chi connectivity index (χ0) is 13.0. The summed E-state index contributed by atoms with van der Waals surface area (Å²) in [6.07, 6.45) is 5.20. The van der Waals surface area contributed by atoms with Gasteiger partial charge < -0.3 is 9.30 Å². The van der Waals surface area contributed by atoms with Gasteiger partial charge >= 0.3 is 0 Å². The Bertz CT molecular complexity index is 542. The summed E-state index contributed by atoms with van der Waals surface area (Å²) in [5, 5.41) is 10.6. The number of rotatable bonds is 5. The number of nitrogens with zero attached hydrogens (tertiary/aromatic N) is 3. The highest BCUT2D eigenvalue weighted by Crippen LogP contribution is 2.28. The van der Waals surface area contributed by atoms with E-state index in [9.17, 15) is 10.1 Å². The normalized spacial score (nSPS) is 10.3. The van der Waals surface area contributed by atoms with Crippen molar-refractivity contribution in [2.24, 2.45) is 0 Å². The van der Waals surface area contributed by atoms with Gasteiger partial charge in [-0.1, -0.05) is 11.6 Å². The van der Waals surface area contributed by atoms with Crippen LogP contribution in [-0.4, -0.2) is 21.1 Å². The number of nitro benzene ring substituents is 1. The molecule has 0 aliphatic heterocycles. The van der Waals surface area contributed by atoms with Gasteiger partial charge in [-0.3, -0.25) is 10.1 Å². The molecule has 0 radical (unpaired) electrons. The Balaban J connectivity index is 1.94. The second kappa shape index (κ2) is 5.50. The maximum atomic E-state index is 10.6. The number of imidazole rings is 1. The molecule has 0 atom stereocenters. The quantitative estimate of drug-likeness (QED) is 0.616. The lowest BCUT2D eigenvalue weighted by Gasteiger charge is -2.06. The van der Waals surface area contributed by atoms with Crippen LogP contribution in [0, 0.1) is 10.1 Å². The van der Waals surface area contributed by atoms with Crippen molar-refractivity contribution in [2.45, 2.75) is 6.54 Å². The first-order valence-electron chi connectivity index (χ1n) is 5.19. The number of aromatic nitrogens is 2. The van der Waals surface area contributed by atoms with Gasteiger partial charge in [0, 0.05) is 24.5 Å². The molecule has 6 nitrogen and oxygen atoms in total. The Hall–Kier alpha value is -2.08. The summed E-state index contributed by atoms with van der Waals surface area (Å²) in [6.45, 7) is 1.08. The van der Waals surface area contributed by atoms with Crippen LogP contribution >= 0.6 is 11.6 Å². The molecule has 0 aliphatic carbocycles. The highest BCUT2D eigenvalue weighted by atomic mass is 35.5. The minimum Gasteiger partial charge on any atom is -0.492 e. The molecule has 0 spiro atoms. The first-order chi connectivity index (χ1) is 8.66. The Morgan fingerprint density at radius 1 is 1.50 bits per heavy atom. The van der Waals surface area contributed by atoms with E-state index >= 15 is 0 Å². The SMILES string of the molecule is O=[N+]([O-])c1ccc(OCCn2ccnc2)cc1Cl. The molecule has 1 heterocycles. The van der Waals surface area contributed by atoms with Crippen molar-refractivity contribution in [2.75, 3.05) is 6.61 Å². The standard InChI is InChI=1S/C11H10ClN3O3/c12-10-7-9(1-2-11(10)15(16)17)18-6-5-14-4-3-13-8-14/h1-4,7-8H,5-6H2. The zero-order valence-electron chi connectivity index (χ0n) is 9.32. The van der Waals surface area contributed by atoms with E-state index in [1.54, 1.807) is 12.5 Å². The lowest BCUT2D eigenvalue weighted by Crippen LogP contribution is -2.06. The molecule has 0 N–H and O–H groups in total. The molecule has 0 saturated heterocycles. The van der Waals surface area contributed by atoms with Crippen LogP contribution in [0.2, 0.25) is 5.02 Å². The van der Waals surface area contributed by atoms with Crippen molar-refractivity contribution in [3.8, 4) is 5.75 Å². The number of hydrogen-bond acceptors (Lipinski definition) is 4. The van der Waals surface area contributed by atoms with E-state index < -0.39 is 4.92 Å². The minimum absolute atomic E-state index is 0.0696. The lowest BCUT2D eigenvalue weighted by atomic mass is 10.3. The smallest absolute Gasteiger partial charge is 0.288 e. The van der Waals surface area contributed by atoms with Gasteiger partial charge in [0.1, 0.15) is 17.4 Å². The van der Waals surface area contributed by atoms with Crippen molar-refractivity contribution in [1.29, 1.82) is 0 Å². The van der Waals surface area contributed by atoms with E-state index in [1.165, 1.54) is 18.2 Å². The van der Waals surface area contributed by atoms with Gasteiger partial charge in [0.25, 0.3) is 5.69 Å². The van der Waals surface area contributed by atoms with Crippen LogP contribution < -0.4 is 4.74 Å². The fourth-order valence-corrected chi connectivity index (χ4v) is 1.65. The van der Waals surface area contributed by atoms with Crippen molar-refractivity contribution in [3.05, 3.63) is 52.1 Å². The molecular weight excluding hydrogens is 258 g/mol. The molecule has 94 valence electrons. The molecule has 0 fully saturated rings. The number of benzene rings is 1. The van der Waals surface area contributed by atoms with E-state index in [1.807, 2.05) is 10.8 Å². The third kappa shape index (κ3) is 2.98. The third-order valence-electron chi connectivity index (χ3n) is 2.29. The van der Waals surface area contributed by atoms with Gasteiger partial charge in [0.2, 0.25) is 0 Å². The van der Waals surface area contributed by atoms with Gasteiger partial charge in [0.15, 0.2) is 0 Å². The molecule has 18 heavy (non-hydrogen) atoms. The Morgan fingerprint density at radius 3 is 2.94 bits per heavy atom. The molecule has 1 aromatic heterocycles. The minimum atomic E-state index is -0.530. The van der Waals surface area contributed by atoms with Crippen molar-refractivity contribution in [3.63, 3.8) is 0 Å². The van der Waals surface area contributed by atoms with E-state index in [2.05, 4.69) is 4.98 Å². The van der Waals surface area contributed by atoms with Crippen LogP contribution in [0.4, 0.5) is 5.69 Å². The molecule has 2 rings (SSSR count). The van der Waals surface area contributed by atoms with Crippen LogP contribution in [0.15, 0.2) is 36.9 Å². The van der Waals surface area contributed by atoms with Crippen LogP contribution in [0.3, 0.4) is 0 Å². The molecule has 1 aromatic carbocycles. The summed E-state index contributed by atoms with van der Waals surface area (Å²) in [5.74, 6) is 0.505. The van der Waals surface area contributed by atoms with Crippen LogP contribution in [0.25, 0.3) is 0 Å². The van der Waals surface area contributed by atoms with E-state index in [0.717, 1.165) is 0 Å². The topological polar surface area (TPSA) is 70.2 Å². The first kappa shape index (κ1) is 12.4. The molecule has 0 amide bonds. The molecule has 0 unspecified atom stereocenters. The van der Waals surface area contributed by atoms with E-state index in [-0.39, 0.29) is 10.7 Å². The van der Waals surface area contributed by atoms with Gasteiger partial charge in [-0.05, 0) is 6.07 Å². The van der Waals surface area contributed by atoms with Gasteiger partial charge in [0.05, 0.1) is 17.8 Å². The fourth-order valence-electron chi connectivity index (χ4n) is 1.41. The van der Waals surface area contributed by atoms with Gasteiger partial charge in [-0.25, -0.2) is 4.98 Å². The molecule has 0 aliphatic rings. The Labute approximate surface area is 108 Å². The molecule has 0 saturated carbocycles. The summed E-state index contributed by atoms with van der Waals surface area (Å²) in [5.41, 5.74) is -0.126. The molecular formula is C11H10ClN3O3. The number of ether oxygens (including phenoxy) is 1. The van der Waals surface area contributed by atoms with Gasteiger partial charge in [-0.2, -0.15) is 0 Å². The fraction of sp³-hybridized carbons (Fsp3) is 0.182. The number of halogens is 1. The maximum Gasteiger partial charge on any atom is 0.288 e. The predicted octanol–water partition coefficient (Wildman–Crippen LogP) is 2.52. The summed E-state index contributed by atoms with van der Waals surface area (Å²) >= 11 is 5.77. The van der Waals surface area contributed by atoms with Crippen LogP contribution in [0.5, 0.6) is 5.75 Å². The monoisotopic (exact) mass is 267 g/mol. The van der Waals surface area contributed by atoms with Crippen molar-refractivity contribution < 1.29 is 9.66 Å². The molecule has 2 aromatic rings. The Morgan fingerprint density at radius 2 is 2.33 bits per heavy atom. The Kier molecular flexibility index (Phi) is 3.78. The number of nitro groups is 1. The van der Waals surface area contributed by atoms with Crippen LogP contribution in [0.1, 0.15) is 0 Å². The predicted molar refractivity (Wildman–Crippen MR) is 65.8 cm³/mol. The third-order valence-corrected chi connectivity index (χ3v) is 2.60. The largest absolute Gasteiger partial charge is 0.492 e. The lowest BCUT2D eigenvalue weighted by molar-refractivity contribution is -0.384. The molecule has 0 bridgehead atoms. The maximum absolute atomic E-state index is 10.6. The summed E-state index contributed by atoms with van der Waals surface area (Å²) in [4.78, 5) is 13.9.